The molecule has 0 N–H and O–H groups in total. The second kappa shape index (κ2) is 9.45. The van der Waals surface area contributed by atoms with Crippen molar-refractivity contribution in [1.29, 1.82) is 0 Å². The molecular weight excluding hydrogens is 422 g/mol. The molecule has 6 heteroatoms. The van der Waals surface area contributed by atoms with Crippen molar-refractivity contribution in [3.8, 4) is 5.69 Å². The fourth-order valence-electron chi connectivity index (χ4n) is 4.90. The zero-order valence-electron chi connectivity index (χ0n) is 19.0. The first-order valence-electron chi connectivity index (χ1n) is 11.5. The van der Waals surface area contributed by atoms with Crippen LogP contribution in [-0.4, -0.2) is 27.4 Å². The van der Waals surface area contributed by atoms with E-state index < -0.39 is 0 Å². The number of rotatable bonds is 5. The van der Waals surface area contributed by atoms with Gasteiger partial charge in [0.2, 0.25) is 5.91 Å². The molecule has 4 rings (SSSR count). The van der Waals surface area contributed by atoms with Gasteiger partial charge in [-0.2, -0.15) is 0 Å². The quantitative estimate of drug-likeness (QED) is 0.489. The summed E-state index contributed by atoms with van der Waals surface area (Å²) in [4.78, 5) is 33.8. The van der Waals surface area contributed by atoms with Crippen LogP contribution < -0.4 is 5.56 Å². The maximum absolute atomic E-state index is 13.7. The van der Waals surface area contributed by atoms with Gasteiger partial charge in [-0.25, -0.2) is 4.98 Å². The molecule has 1 fully saturated rings. The molecular formula is C26H30ClN3O2. The molecule has 1 aromatic heterocycles. The van der Waals surface area contributed by atoms with E-state index in [4.69, 9.17) is 16.6 Å². The third-order valence-electron chi connectivity index (χ3n) is 6.66. The predicted molar refractivity (Wildman–Crippen MR) is 129 cm³/mol. The van der Waals surface area contributed by atoms with Gasteiger partial charge in [0.1, 0.15) is 5.82 Å². The van der Waals surface area contributed by atoms with Crippen molar-refractivity contribution in [1.82, 2.24) is 14.5 Å². The van der Waals surface area contributed by atoms with Crippen molar-refractivity contribution in [2.24, 2.45) is 5.92 Å². The summed E-state index contributed by atoms with van der Waals surface area (Å²) in [5.74, 6) is 0.798. The largest absolute Gasteiger partial charge is 0.335 e. The van der Waals surface area contributed by atoms with Crippen LogP contribution >= 0.6 is 11.6 Å². The normalized spacial score (nSPS) is 15.6. The molecule has 2 aromatic carbocycles. The first-order chi connectivity index (χ1) is 15.4. The molecule has 1 aliphatic carbocycles. The number of halogens is 1. The minimum Gasteiger partial charge on any atom is -0.335 e. The van der Waals surface area contributed by atoms with E-state index in [9.17, 15) is 9.59 Å². The Morgan fingerprint density at radius 2 is 1.91 bits per heavy atom. The monoisotopic (exact) mass is 451 g/mol. The van der Waals surface area contributed by atoms with Crippen LogP contribution in [0.15, 0.2) is 47.3 Å². The van der Waals surface area contributed by atoms with Crippen LogP contribution in [0.5, 0.6) is 0 Å². The van der Waals surface area contributed by atoms with E-state index >= 15 is 0 Å². The third kappa shape index (κ3) is 4.18. The number of fused-ring (bicyclic) bond motifs is 1. The number of hydrogen-bond donors (Lipinski definition) is 0. The molecule has 32 heavy (non-hydrogen) atoms. The van der Waals surface area contributed by atoms with Gasteiger partial charge in [-0.15, -0.1) is 0 Å². The van der Waals surface area contributed by atoms with E-state index in [1.807, 2.05) is 56.1 Å². The number of hydrogen-bond acceptors (Lipinski definition) is 3. The predicted octanol–water partition coefficient (Wildman–Crippen LogP) is 5.84. The summed E-state index contributed by atoms with van der Waals surface area (Å²) in [7, 11) is 1.85. The Morgan fingerprint density at radius 3 is 2.59 bits per heavy atom. The Labute approximate surface area is 194 Å². The van der Waals surface area contributed by atoms with Crippen LogP contribution in [-0.2, 0) is 4.79 Å². The number of carbonyl (C=O) groups excluding carboxylic acids is 1. The average Bonchev–Trinajstić information content (AvgIpc) is 2.80. The van der Waals surface area contributed by atoms with E-state index in [0.29, 0.717) is 28.2 Å². The standard InChI is InChI=1S/C26H30ClN3O2/c1-4-22(29(3)25(31)18-10-6-5-7-11-18)24-28-21-13-9-8-12-20(21)26(32)30(24)23-15-14-19(27)16-17(23)2/h8-9,12-16,18,22H,4-7,10-11H2,1-3H3. The molecule has 3 aromatic rings. The molecule has 1 aliphatic rings. The van der Waals surface area contributed by atoms with Crippen molar-refractivity contribution < 1.29 is 4.79 Å². The molecule has 1 heterocycles. The average molecular weight is 452 g/mol. The summed E-state index contributed by atoms with van der Waals surface area (Å²) in [5, 5.41) is 1.17. The number of aromatic nitrogens is 2. The highest BCUT2D eigenvalue weighted by molar-refractivity contribution is 6.30. The maximum atomic E-state index is 13.7. The van der Waals surface area contributed by atoms with E-state index in [1.165, 1.54) is 6.42 Å². The molecule has 1 atom stereocenters. The fraction of sp³-hybridized carbons (Fsp3) is 0.423. The van der Waals surface area contributed by atoms with Crippen LogP contribution in [0, 0.1) is 12.8 Å². The summed E-state index contributed by atoms with van der Waals surface area (Å²) in [5.41, 5.74) is 2.14. The lowest BCUT2D eigenvalue weighted by Gasteiger charge is -2.33. The Morgan fingerprint density at radius 1 is 1.19 bits per heavy atom. The van der Waals surface area contributed by atoms with Crippen LogP contribution in [0.4, 0.5) is 0 Å². The third-order valence-corrected chi connectivity index (χ3v) is 6.89. The Kier molecular flexibility index (Phi) is 6.66. The van der Waals surface area contributed by atoms with E-state index in [1.54, 1.807) is 16.7 Å². The topological polar surface area (TPSA) is 55.2 Å². The SMILES string of the molecule is CCC(c1nc2ccccc2c(=O)n1-c1ccc(Cl)cc1C)N(C)C(=O)C1CCCCC1. The zero-order chi connectivity index (χ0) is 22.8. The number of nitrogens with zero attached hydrogens (tertiary/aromatic N) is 3. The number of amides is 1. The second-order valence-corrected chi connectivity index (χ2v) is 9.20. The highest BCUT2D eigenvalue weighted by Gasteiger charge is 2.31. The summed E-state index contributed by atoms with van der Waals surface area (Å²) in [6, 6.07) is 12.6. The molecule has 1 amide bonds. The highest BCUT2D eigenvalue weighted by Crippen LogP contribution is 2.31. The molecule has 1 saturated carbocycles. The molecule has 168 valence electrons. The van der Waals surface area contributed by atoms with Gasteiger partial charge in [-0.3, -0.25) is 14.2 Å². The van der Waals surface area contributed by atoms with Crippen molar-refractivity contribution in [3.63, 3.8) is 0 Å². The van der Waals surface area contributed by atoms with Crippen molar-refractivity contribution in [2.45, 2.75) is 58.4 Å². The molecule has 0 bridgehead atoms. The minimum atomic E-state index is -0.309. The van der Waals surface area contributed by atoms with Gasteiger partial charge in [-0.1, -0.05) is 49.9 Å². The van der Waals surface area contributed by atoms with Crippen LogP contribution in [0.3, 0.4) is 0 Å². The number of carbonyl (C=O) groups is 1. The maximum Gasteiger partial charge on any atom is 0.266 e. The molecule has 0 saturated heterocycles. The van der Waals surface area contributed by atoms with Crippen molar-refractivity contribution >= 4 is 28.4 Å². The minimum absolute atomic E-state index is 0.0562. The van der Waals surface area contributed by atoms with Crippen molar-refractivity contribution in [2.75, 3.05) is 7.05 Å². The molecule has 0 radical (unpaired) electrons. The summed E-state index contributed by atoms with van der Waals surface area (Å²) >= 11 is 6.19. The van der Waals surface area contributed by atoms with Crippen LogP contribution in [0.25, 0.3) is 16.6 Å². The van der Waals surface area contributed by atoms with Gasteiger partial charge in [0.15, 0.2) is 0 Å². The van der Waals surface area contributed by atoms with Crippen LogP contribution in [0.1, 0.15) is 62.9 Å². The summed E-state index contributed by atoms with van der Waals surface area (Å²) < 4.78 is 1.67. The number of aryl methyl sites for hydroxylation is 1. The summed E-state index contributed by atoms with van der Waals surface area (Å²) in [6.07, 6.45) is 5.94. The molecule has 0 aliphatic heterocycles. The van der Waals surface area contributed by atoms with Gasteiger partial charge in [0, 0.05) is 18.0 Å². The highest BCUT2D eigenvalue weighted by atomic mass is 35.5. The second-order valence-electron chi connectivity index (χ2n) is 8.77. The Hall–Kier alpha value is -2.66. The van der Waals surface area contributed by atoms with Crippen molar-refractivity contribution in [3.05, 3.63) is 69.2 Å². The fourth-order valence-corrected chi connectivity index (χ4v) is 5.12. The molecule has 1 unspecified atom stereocenters. The number of para-hydroxylation sites is 1. The van der Waals surface area contributed by atoms with Gasteiger partial charge in [-0.05, 0) is 62.1 Å². The Balaban J connectivity index is 1.89. The van der Waals surface area contributed by atoms with Gasteiger partial charge in [0.25, 0.3) is 5.56 Å². The molecule has 5 nitrogen and oxygen atoms in total. The van der Waals surface area contributed by atoms with Crippen LogP contribution in [0.2, 0.25) is 5.02 Å². The first kappa shape index (κ1) is 22.5. The number of benzene rings is 2. The lowest BCUT2D eigenvalue weighted by molar-refractivity contribution is -0.137. The zero-order valence-corrected chi connectivity index (χ0v) is 19.7. The van der Waals surface area contributed by atoms with E-state index in [2.05, 4.69) is 0 Å². The van der Waals surface area contributed by atoms with Gasteiger partial charge >= 0.3 is 0 Å². The van der Waals surface area contributed by atoms with E-state index in [-0.39, 0.29) is 23.4 Å². The summed E-state index contributed by atoms with van der Waals surface area (Å²) in [6.45, 7) is 3.97. The Bertz CT molecular complexity index is 1200. The van der Waals surface area contributed by atoms with E-state index in [0.717, 1.165) is 36.9 Å². The van der Waals surface area contributed by atoms with Gasteiger partial charge < -0.3 is 4.90 Å². The first-order valence-corrected chi connectivity index (χ1v) is 11.8. The lowest BCUT2D eigenvalue weighted by Crippen LogP contribution is -2.39. The smallest absolute Gasteiger partial charge is 0.266 e. The lowest BCUT2D eigenvalue weighted by atomic mass is 9.88. The van der Waals surface area contributed by atoms with Gasteiger partial charge in [0.05, 0.1) is 22.6 Å². The molecule has 0 spiro atoms.